The first-order valence-electron chi connectivity index (χ1n) is 6.76. The Morgan fingerprint density at radius 2 is 1.69 bits per heavy atom. The number of ether oxygens (including phenoxy) is 1. The summed E-state index contributed by atoms with van der Waals surface area (Å²) in [5.74, 6) is -1.31. The van der Waals surface area contributed by atoms with E-state index < -0.39 is 35.1 Å². The molecule has 0 spiro atoms. The number of alkyl halides is 6. The van der Waals surface area contributed by atoms with Gasteiger partial charge in [0.1, 0.15) is 10.9 Å². The van der Waals surface area contributed by atoms with E-state index in [9.17, 15) is 31.1 Å². The average molecular weight is 399 g/mol. The fourth-order valence-electron chi connectivity index (χ4n) is 1.89. The molecule has 0 atom stereocenters. The summed E-state index contributed by atoms with van der Waals surface area (Å²) in [7, 11) is 1.19. The zero-order valence-corrected chi connectivity index (χ0v) is 13.6. The molecule has 0 radical (unpaired) electrons. The lowest BCUT2D eigenvalue weighted by Crippen LogP contribution is -2.09. The molecule has 140 valence electrons. The largest absolute Gasteiger partial charge is 0.435 e. The number of carbonyl (C=O) groups excluding carboxylic acids is 1. The van der Waals surface area contributed by atoms with Crippen molar-refractivity contribution in [2.75, 3.05) is 0 Å². The zero-order chi connectivity index (χ0) is 19.7. The number of hydrogen-bond acceptors (Lipinski definition) is 3. The Labute approximate surface area is 147 Å². The maximum atomic E-state index is 12.9. The number of aromatic nitrogens is 2. The lowest BCUT2D eigenvalue weighted by Gasteiger charge is -2.07. The first kappa shape index (κ1) is 19.8. The molecular formula is C15H9ClF6N2O2. The van der Waals surface area contributed by atoms with Crippen molar-refractivity contribution in [1.29, 1.82) is 0 Å². The Morgan fingerprint density at radius 3 is 2.19 bits per heavy atom. The molecule has 4 nitrogen and oxygen atoms in total. The molecule has 1 heterocycles. The second-order valence-corrected chi connectivity index (χ2v) is 5.31. The molecule has 1 aromatic carbocycles. The molecule has 0 amide bonds. The summed E-state index contributed by atoms with van der Waals surface area (Å²) in [4.78, 5) is 11.7. The van der Waals surface area contributed by atoms with Crippen LogP contribution in [-0.2, 0) is 24.2 Å². The highest BCUT2D eigenvalue weighted by atomic mass is 35.5. The molecule has 0 bridgehead atoms. The van der Waals surface area contributed by atoms with Gasteiger partial charge >= 0.3 is 18.3 Å². The van der Waals surface area contributed by atoms with Crippen LogP contribution in [0.3, 0.4) is 0 Å². The number of aryl methyl sites for hydroxylation is 1. The van der Waals surface area contributed by atoms with Crippen molar-refractivity contribution in [2.24, 2.45) is 7.05 Å². The lowest BCUT2D eigenvalue weighted by molar-refractivity contribution is -0.141. The van der Waals surface area contributed by atoms with E-state index in [0.29, 0.717) is 18.2 Å². The van der Waals surface area contributed by atoms with E-state index in [0.717, 1.165) is 22.9 Å². The molecule has 0 saturated carbocycles. The summed E-state index contributed by atoms with van der Waals surface area (Å²) in [6.07, 6.45) is -7.91. The molecule has 2 rings (SSSR count). The maximum absolute atomic E-state index is 12.9. The molecule has 26 heavy (non-hydrogen) atoms. The fraction of sp³-hybridized carbons (Fsp3) is 0.200. The van der Waals surface area contributed by atoms with Crippen LogP contribution in [0.15, 0.2) is 30.3 Å². The molecular weight excluding hydrogens is 390 g/mol. The minimum absolute atomic E-state index is 0.207. The second-order valence-electron chi connectivity index (χ2n) is 4.95. The number of nitrogens with zero attached hydrogens (tertiary/aromatic N) is 2. The molecule has 1 aromatic heterocycles. The van der Waals surface area contributed by atoms with Crippen LogP contribution >= 0.6 is 11.6 Å². The molecule has 0 fully saturated rings. The van der Waals surface area contributed by atoms with Gasteiger partial charge in [0, 0.05) is 18.7 Å². The van der Waals surface area contributed by atoms with Crippen molar-refractivity contribution in [3.8, 4) is 5.75 Å². The minimum Gasteiger partial charge on any atom is -0.423 e. The molecule has 0 aliphatic carbocycles. The summed E-state index contributed by atoms with van der Waals surface area (Å²) in [6, 6.07) is 3.22. The fourth-order valence-corrected chi connectivity index (χ4v) is 2.08. The van der Waals surface area contributed by atoms with E-state index in [1.807, 2.05) is 0 Å². The Bertz CT molecular complexity index is 838. The van der Waals surface area contributed by atoms with Crippen LogP contribution in [0.4, 0.5) is 26.3 Å². The summed E-state index contributed by atoms with van der Waals surface area (Å²) in [5, 5.41) is 2.87. The Hall–Kier alpha value is -2.49. The van der Waals surface area contributed by atoms with E-state index in [1.54, 1.807) is 0 Å². The summed E-state index contributed by atoms with van der Waals surface area (Å²) < 4.78 is 81.4. The predicted octanol–water partition coefficient (Wildman–Crippen LogP) is 4.73. The molecule has 0 N–H and O–H groups in total. The number of rotatable bonds is 3. The number of esters is 1. The van der Waals surface area contributed by atoms with Gasteiger partial charge in [-0.3, -0.25) is 4.68 Å². The van der Waals surface area contributed by atoms with Gasteiger partial charge in [-0.25, -0.2) is 4.79 Å². The first-order valence-corrected chi connectivity index (χ1v) is 7.14. The van der Waals surface area contributed by atoms with Gasteiger partial charge < -0.3 is 4.74 Å². The van der Waals surface area contributed by atoms with Crippen molar-refractivity contribution < 1.29 is 35.9 Å². The number of halogens is 7. The first-order chi connectivity index (χ1) is 11.9. The van der Waals surface area contributed by atoms with Gasteiger partial charge in [-0.05, 0) is 30.3 Å². The van der Waals surface area contributed by atoms with Crippen molar-refractivity contribution in [3.63, 3.8) is 0 Å². The monoisotopic (exact) mass is 398 g/mol. The van der Waals surface area contributed by atoms with E-state index in [1.165, 1.54) is 7.05 Å². The van der Waals surface area contributed by atoms with Crippen LogP contribution in [0, 0.1) is 0 Å². The van der Waals surface area contributed by atoms with Crippen molar-refractivity contribution >= 4 is 23.6 Å². The van der Waals surface area contributed by atoms with E-state index in [2.05, 4.69) is 5.10 Å². The van der Waals surface area contributed by atoms with Crippen LogP contribution in [0.2, 0.25) is 5.15 Å². The van der Waals surface area contributed by atoms with Crippen LogP contribution in [-0.4, -0.2) is 15.7 Å². The van der Waals surface area contributed by atoms with Gasteiger partial charge in [-0.2, -0.15) is 31.4 Å². The molecule has 0 unspecified atom stereocenters. The zero-order valence-electron chi connectivity index (χ0n) is 12.8. The summed E-state index contributed by atoms with van der Waals surface area (Å²) in [6.45, 7) is 0. The summed E-state index contributed by atoms with van der Waals surface area (Å²) in [5.41, 5.74) is -2.76. The van der Waals surface area contributed by atoms with Crippen LogP contribution in [0.1, 0.15) is 16.8 Å². The minimum atomic E-state index is -4.79. The number of carbonyl (C=O) groups is 1. The average Bonchev–Trinajstić information content (AvgIpc) is 2.80. The lowest BCUT2D eigenvalue weighted by atomic mass is 10.2. The normalized spacial score (nSPS) is 12.6. The van der Waals surface area contributed by atoms with Crippen molar-refractivity contribution in [1.82, 2.24) is 9.78 Å². The predicted molar refractivity (Wildman–Crippen MR) is 79.3 cm³/mol. The third-order valence-electron chi connectivity index (χ3n) is 3.07. The van der Waals surface area contributed by atoms with Gasteiger partial charge in [0.25, 0.3) is 0 Å². The number of hydrogen-bond donors (Lipinski definition) is 0. The molecule has 0 aliphatic rings. The molecule has 0 aliphatic heterocycles. The van der Waals surface area contributed by atoms with Gasteiger partial charge in [0.15, 0.2) is 5.69 Å². The Kier molecular flexibility index (Phi) is 5.36. The highest BCUT2D eigenvalue weighted by Crippen LogP contribution is 2.35. The highest BCUT2D eigenvalue weighted by Gasteiger charge is 2.38. The Balaban J connectivity index is 2.16. The van der Waals surface area contributed by atoms with Gasteiger partial charge in [0.05, 0.1) is 5.56 Å². The third-order valence-corrected chi connectivity index (χ3v) is 3.51. The van der Waals surface area contributed by atoms with Crippen LogP contribution in [0.5, 0.6) is 5.75 Å². The Morgan fingerprint density at radius 1 is 1.12 bits per heavy atom. The molecule has 0 saturated heterocycles. The maximum Gasteiger partial charge on any atom is 0.435 e. The van der Waals surface area contributed by atoms with Crippen LogP contribution < -0.4 is 4.74 Å². The van der Waals surface area contributed by atoms with E-state index in [4.69, 9.17) is 16.3 Å². The van der Waals surface area contributed by atoms with Crippen molar-refractivity contribution in [2.45, 2.75) is 12.4 Å². The SMILES string of the molecule is Cn1nc(C(F)(F)F)c(/C=C\C(=O)Oc2ccc(C(F)(F)F)cc2)c1Cl. The second kappa shape index (κ2) is 7.02. The molecule has 11 heteroatoms. The molecule has 2 aromatic rings. The van der Waals surface area contributed by atoms with E-state index >= 15 is 0 Å². The van der Waals surface area contributed by atoms with Crippen LogP contribution in [0.25, 0.3) is 6.08 Å². The quantitative estimate of drug-likeness (QED) is 0.325. The van der Waals surface area contributed by atoms with Gasteiger partial charge in [-0.15, -0.1) is 0 Å². The van der Waals surface area contributed by atoms with Gasteiger partial charge in [-0.1, -0.05) is 11.6 Å². The van der Waals surface area contributed by atoms with Gasteiger partial charge in [0.2, 0.25) is 0 Å². The topological polar surface area (TPSA) is 44.1 Å². The third kappa shape index (κ3) is 4.57. The van der Waals surface area contributed by atoms with E-state index in [-0.39, 0.29) is 10.9 Å². The smallest absolute Gasteiger partial charge is 0.423 e. The summed E-state index contributed by atoms with van der Waals surface area (Å²) >= 11 is 5.71. The van der Waals surface area contributed by atoms with Crippen molar-refractivity contribution in [3.05, 3.63) is 52.3 Å². The standard InChI is InChI=1S/C15H9ClF6N2O2/c1-24-13(16)10(12(23-24)15(20,21)22)6-7-11(25)26-9-4-2-8(3-5-9)14(17,18)19/h2-7H,1H3/b7-6-. The number of benzene rings is 1. The highest BCUT2D eigenvalue weighted by molar-refractivity contribution is 6.31.